The minimum absolute atomic E-state index is 0. The van der Waals surface area contributed by atoms with Crippen LogP contribution >= 0.6 is 24.8 Å². The van der Waals surface area contributed by atoms with Crippen LogP contribution in [0, 0.1) is 0 Å². The van der Waals surface area contributed by atoms with Crippen LogP contribution in [0.1, 0.15) is 19.0 Å². The molecule has 0 aliphatic carbocycles. The number of nitrogens with zero attached hydrogens (tertiary/aromatic N) is 1. The van der Waals surface area contributed by atoms with E-state index in [0.29, 0.717) is 0 Å². The number of imidazole rings is 1. The van der Waals surface area contributed by atoms with Crippen molar-refractivity contribution in [2.45, 2.75) is 25.8 Å². The third kappa shape index (κ3) is 4.59. The summed E-state index contributed by atoms with van der Waals surface area (Å²) < 4.78 is 0. The average molecular weight is 212 g/mol. The van der Waals surface area contributed by atoms with Crippen LogP contribution in [0.3, 0.4) is 0 Å². The summed E-state index contributed by atoms with van der Waals surface area (Å²) in [6, 6.07) is 0.264. The molecule has 1 aromatic rings. The van der Waals surface area contributed by atoms with Gasteiger partial charge in [-0.1, -0.05) is 6.92 Å². The smallest absolute Gasteiger partial charge is 0.0921 e. The van der Waals surface area contributed by atoms with Gasteiger partial charge in [0.2, 0.25) is 0 Å². The second-order valence-electron chi connectivity index (χ2n) is 2.45. The second kappa shape index (κ2) is 7.40. The molecule has 72 valence electrons. The first-order valence-corrected chi connectivity index (χ1v) is 3.55. The number of hydrogen-bond acceptors (Lipinski definition) is 2. The third-order valence-electron chi connectivity index (χ3n) is 1.56. The Labute approximate surface area is 85.0 Å². The second-order valence-corrected chi connectivity index (χ2v) is 2.45. The Balaban J connectivity index is 0. The van der Waals surface area contributed by atoms with Crippen molar-refractivity contribution in [3.63, 3.8) is 0 Å². The molecule has 0 fully saturated rings. The molecule has 1 atom stereocenters. The molecule has 0 amide bonds. The van der Waals surface area contributed by atoms with Crippen LogP contribution in [0.15, 0.2) is 12.5 Å². The summed E-state index contributed by atoms with van der Waals surface area (Å²) in [5.41, 5.74) is 6.84. The van der Waals surface area contributed by atoms with E-state index in [1.165, 1.54) is 0 Å². The van der Waals surface area contributed by atoms with Crippen molar-refractivity contribution in [3.8, 4) is 0 Å². The fraction of sp³-hybridized carbons (Fsp3) is 0.571. The molecule has 5 heteroatoms. The van der Waals surface area contributed by atoms with E-state index in [9.17, 15) is 0 Å². The normalized spacial score (nSPS) is 11.2. The van der Waals surface area contributed by atoms with Crippen LogP contribution in [0.5, 0.6) is 0 Å². The van der Waals surface area contributed by atoms with E-state index < -0.39 is 0 Å². The van der Waals surface area contributed by atoms with E-state index >= 15 is 0 Å². The lowest BCUT2D eigenvalue weighted by Gasteiger charge is -2.04. The molecule has 0 saturated carbocycles. The molecule has 1 rings (SSSR count). The summed E-state index contributed by atoms with van der Waals surface area (Å²) in [6.45, 7) is 2.08. The van der Waals surface area contributed by atoms with E-state index in [4.69, 9.17) is 5.73 Å². The number of rotatable bonds is 3. The van der Waals surface area contributed by atoms with Crippen LogP contribution in [0.4, 0.5) is 0 Å². The van der Waals surface area contributed by atoms with E-state index in [1.807, 2.05) is 6.20 Å². The van der Waals surface area contributed by atoms with Crippen LogP contribution in [-0.2, 0) is 6.42 Å². The Morgan fingerprint density at radius 3 is 2.67 bits per heavy atom. The zero-order valence-corrected chi connectivity index (χ0v) is 8.62. The molecule has 12 heavy (non-hydrogen) atoms. The zero-order chi connectivity index (χ0) is 7.40. The molecule has 1 aromatic heterocycles. The maximum absolute atomic E-state index is 5.72. The van der Waals surface area contributed by atoms with Gasteiger partial charge < -0.3 is 10.7 Å². The summed E-state index contributed by atoms with van der Waals surface area (Å²) >= 11 is 0. The minimum atomic E-state index is 0. The van der Waals surface area contributed by atoms with Crippen molar-refractivity contribution >= 4 is 24.8 Å². The summed E-state index contributed by atoms with van der Waals surface area (Å²) in [5.74, 6) is 0. The molecule has 3 N–H and O–H groups in total. The van der Waals surface area contributed by atoms with Crippen LogP contribution < -0.4 is 5.73 Å². The Hall–Kier alpha value is -0.250. The van der Waals surface area contributed by atoms with Crippen LogP contribution in [0.25, 0.3) is 0 Å². The monoisotopic (exact) mass is 211 g/mol. The molecular formula is C7H15Cl2N3. The fourth-order valence-electron chi connectivity index (χ4n) is 0.823. The van der Waals surface area contributed by atoms with Gasteiger partial charge >= 0.3 is 0 Å². The highest BCUT2D eigenvalue weighted by Gasteiger charge is 2.00. The molecule has 0 aliphatic heterocycles. The third-order valence-corrected chi connectivity index (χ3v) is 1.56. The van der Waals surface area contributed by atoms with Gasteiger partial charge in [0.05, 0.1) is 6.33 Å². The predicted octanol–water partition coefficient (Wildman–Crippen LogP) is 1.53. The highest BCUT2D eigenvalue weighted by atomic mass is 35.5. The molecule has 3 nitrogen and oxygen atoms in total. The zero-order valence-electron chi connectivity index (χ0n) is 6.99. The largest absolute Gasteiger partial charge is 0.348 e. The predicted molar refractivity (Wildman–Crippen MR) is 55.1 cm³/mol. The number of aromatic amines is 1. The fourth-order valence-corrected chi connectivity index (χ4v) is 0.823. The number of nitrogens with two attached hydrogens (primary N) is 1. The lowest BCUT2D eigenvalue weighted by molar-refractivity contribution is 0.638. The summed E-state index contributed by atoms with van der Waals surface area (Å²) in [4.78, 5) is 6.91. The lowest BCUT2D eigenvalue weighted by atomic mass is 10.1. The lowest BCUT2D eigenvalue weighted by Crippen LogP contribution is -2.21. The molecule has 1 unspecified atom stereocenters. The van der Waals surface area contributed by atoms with Gasteiger partial charge in [-0.2, -0.15) is 0 Å². The standard InChI is InChI=1S/C7H13N3.2ClH/c1-2-6(8)3-7-4-9-5-10-7;;/h4-6H,2-3,8H2,1H3,(H,9,10);2*1H. The topological polar surface area (TPSA) is 54.7 Å². The summed E-state index contributed by atoms with van der Waals surface area (Å²) in [5, 5.41) is 0. The Bertz CT molecular complexity index is 177. The molecule has 0 radical (unpaired) electrons. The molecular weight excluding hydrogens is 197 g/mol. The molecule has 0 aromatic carbocycles. The first-order valence-electron chi connectivity index (χ1n) is 3.55. The Morgan fingerprint density at radius 2 is 2.25 bits per heavy atom. The van der Waals surface area contributed by atoms with Gasteiger partial charge in [0.1, 0.15) is 0 Å². The Kier molecular flexibility index (Phi) is 8.81. The van der Waals surface area contributed by atoms with Crippen molar-refractivity contribution < 1.29 is 0 Å². The maximum Gasteiger partial charge on any atom is 0.0921 e. The SMILES string of the molecule is CCC(N)Cc1cnc[nH]1.Cl.Cl. The van der Waals surface area contributed by atoms with Gasteiger partial charge in [-0.25, -0.2) is 4.98 Å². The highest BCUT2D eigenvalue weighted by molar-refractivity contribution is 5.85. The number of H-pyrrole nitrogens is 1. The number of halogens is 2. The number of aromatic nitrogens is 2. The first-order chi connectivity index (χ1) is 4.83. The number of hydrogen-bond donors (Lipinski definition) is 2. The van der Waals surface area contributed by atoms with Crippen LogP contribution in [0.2, 0.25) is 0 Å². The van der Waals surface area contributed by atoms with Crippen molar-refractivity contribution in [2.24, 2.45) is 5.73 Å². The maximum atomic E-state index is 5.72. The van der Waals surface area contributed by atoms with Gasteiger partial charge in [-0.15, -0.1) is 24.8 Å². The first kappa shape index (κ1) is 14.3. The summed E-state index contributed by atoms with van der Waals surface area (Å²) in [7, 11) is 0. The van der Waals surface area contributed by atoms with E-state index in [0.717, 1.165) is 18.5 Å². The average Bonchev–Trinajstić information content (AvgIpc) is 2.40. The van der Waals surface area contributed by atoms with Gasteiger partial charge in [-0.05, 0) is 6.42 Å². The molecule has 1 heterocycles. The Morgan fingerprint density at radius 1 is 1.58 bits per heavy atom. The van der Waals surface area contributed by atoms with E-state index in [1.54, 1.807) is 6.33 Å². The molecule has 0 bridgehead atoms. The molecule has 0 saturated heterocycles. The van der Waals surface area contributed by atoms with Gasteiger partial charge in [0, 0.05) is 24.4 Å². The van der Waals surface area contributed by atoms with Crippen LogP contribution in [-0.4, -0.2) is 16.0 Å². The van der Waals surface area contributed by atoms with Gasteiger partial charge in [0.15, 0.2) is 0 Å². The summed E-state index contributed by atoms with van der Waals surface area (Å²) in [6.07, 6.45) is 5.41. The van der Waals surface area contributed by atoms with E-state index in [-0.39, 0.29) is 30.9 Å². The highest BCUT2D eigenvalue weighted by Crippen LogP contribution is 1.97. The molecule has 0 aliphatic rings. The van der Waals surface area contributed by atoms with Crippen molar-refractivity contribution in [3.05, 3.63) is 18.2 Å². The van der Waals surface area contributed by atoms with E-state index in [2.05, 4.69) is 16.9 Å². The quantitative estimate of drug-likeness (QED) is 0.798. The van der Waals surface area contributed by atoms with Crippen molar-refractivity contribution in [1.29, 1.82) is 0 Å². The van der Waals surface area contributed by atoms with Crippen molar-refractivity contribution in [2.75, 3.05) is 0 Å². The molecule has 0 spiro atoms. The van der Waals surface area contributed by atoms with Gasteiger partial charge in [0.25, 0.3) is 0 Å². The number of nitrogens with one attached hydrogen (secondary N) is 1. The van der Waals surface area contributed by atoms with Crippen molar-refractivity contribution in [1.82, 2.24) is 9.97 Å². The van der Waals surface area contributed by atoms with Gasteiger partial charge in [-0.3, -0.25) is 0 Å². The minimum Gasteiger partial charge on any atom is -0.348 e.